The molecule has 2 fully saturated rings. The van der Waals surface area contributed by atoms with E-state index in [1.807, 2.05) is 12.1 Å². The molecule has 0 N–H and O–H groups in total. The van der Waals surface area contributed by atoms with E-state index in [1.54, 1.807) is 25.4 Å². The number of nitrogens with zero attached hydrogens (tertiary/aromatic N) is 4. The summed E-state index contributed by atoms with van der Waals surface area (Å²) in [6.45, 7) is 2.50. The minimum atomic E-state index is -0.197. The fourth-order valence-electron chi connectivity index (χ4n) is 3.39. The van der Waals surface area contributed by atoms with Gasteiger partial charge in [-0.3, -0.25) is 18.9 Å². The second-order valence-corrected chi connectivity index (χ2v) is 8.28. The van der Waals surface area contributed by atoms with Crippen LogP contribution in [0.5, 0.6) is 0 Å². The number of rotatable bonds is 5. The van der Waals surface area contributed by atoms with Gasteiger partial charge in [-0.05, 0) is 31.1 Å². The highest BCUT2D eigenvalue weighted by Crippen LogP contribution is 2.33. The van der Waals surface area contributed by atoms with Gasteiger partial charge in [-0.2, -0.15) is 0 Å². The Morgan fingerprint density at radius 2 is 2.07 bits per heavy atom. The molecular formula is C19H20N4O3S2. The average molecular weight is 417 g/mol. The maximum atomic E-state index is 13.2. The van der Waals surface area contributed by atoms with Gasteiger partial charge in [0.15, 0.2) is 0 Å². The number of thiocarbonyl (C=S) groups is 1. The highest BCUT2D eigenvalue weighted by atomic mass is 32.2. The molecule has 9 heteroatoms. The SMILES string of the molecule is COCCN1C(=O)/C(=C/c2c(N3CCCC3)nc3ccccn3c2=O)SC1=S. The summed E-state index contributed by atoms with van der Waals surface area (Å²) in [7, 11) is 1.58. The van der Waals surface area contributed by atoms with Gasteiger partial charge in [0.1, 0.15) is 15.8 Å². The van der Waals surface area contributed by atoms with Gasteiger partial charge in [0, 0.05) is 26.4 Å². The van der Waals surface area contributed by atoms with Crippen LogP contribution in [0.4, 0.5) is 5.82 Å². The molecular weight excluding hydrogens is 396 g/mol. The molecule has 0 aromatic carbocycles. The van der Waals surface area contributed by atoms with Crippen LogP contribution in [0, 0.1) is 0 Å². The van der Waals surface area contributed by atoms with Gasteiger partial charge in [-0.15, -0.1) is 0 Å². The molecule has 28 heavy (non-hydrogen) atoms. The molecule has 146 valence electrons. The Kier molecular flexibility index (Phi) is 5.47. The number of methoxy groups -OCH3 is 1. The molecule has 4 heterocycles. The molecule has 2 aliphatic heterocycles. The summed E-state index contributed by atoms with van der Waals surface area (Å²) < 4.78 is 7.04. The van der Waals surface area contributed by atoms with Gasteiger partial charge in [-0.1, -0.05) is 30.0 Å². The van der Waals surface area contributed by atoms with E-state index >= 15 is 0 Å². The Balaban J connectivity index is 1.81. The van der Waals surface area contributed by atoms with Crippen LogP contribution in [-0.4, -0.2) is 57.9 Å². The molecule has 0 radical (unpaired) electrons. The zero-order valence-corrected chi connectivity index (χ0v) is 17.1. The smallest absolute Gasteiger partial charge is 0.267 e. The van der Waals surface area contributed by atoms with Gasteiger partial charge in [0.2, 0.25) is 0 Å². The number of hydrogen-bond acceptors (Lipinski definition) is 7. The van der Waals surface area contributed by atoms with Crippen molar-refractivity contribution in [3.05, 3.63) is 45.2 Å². The number of ether oxygens (including phenoxy) is 1. The molecule has 1 amide bonds. The lowest BCUT2D eigenvalue weighted by Gasteiger charge is -2.19. The van der Waals surface area contributed by atoms with Gasteiger partial charge >= 0.3 is 0 Å². The lowest BCUT2D eigenvalue weighted by Crippen LogP contribution is -2.31. The number of amides is 1. The minimum absolute atomic E-state index is 0.186. The predicted molar refractivity (Wildman–Crippen MR) is 115 cm³/mol. The fourth-order valence-corrected chi connectivity index (χ4v) is 4.68. The fraction of sp³-hybridized carbons (Fsp3) is 0.368. The van der Waals surface area contributed by atoms with Crippen molar-refractivity contribution in [2.24, 2.45) is 0 Å². The predicted octanol–water partition coefficient (Wildman–Crippen LogP) is 2.14. The third-order valence-corrected chi connectivity index (χ3v) is 6.20. The van der Waals surface area contributed by atoms with Crippen LogP contribution in [0.2, 0.25) is 0 Å². The zero-order chi connectivity index (χ0) is 19.7. The Morgan fingerprint density at radius 3 is 2.82 bits per heavy atom. The van der Waals surface area contributed by atoms with E-state index in [0.29, 0.717) is 39.4 Å². The zero-order valence-electron chi connectivity index (χ0n) is 15.5. The van der Waals surface area contributed by atoms with Crippen LogP contribution in [0.25, 0.3) is 11.7 Å². The number of carbonyl (C=O) groups excluding carboxylic acids is 1. The Labute approximate surface area is 172 Å². The van der Waals surface area contributed by atoms with E-state index in [0.717, 1.165) is 25.9 Å². The maximum Gasteiger partial charge on any atom is 0.267 e. The standard InChI is InChI=1S/C19H20N4O3S2/c1-26-11-10-23-18(25)14(28-19(23)27)12-13-16(21-7-4-5-8-21)20-15-6-2-3-9-22(15)17(13)24/h2-3,6,9,12H,4-5,7-8,10-11H2,1H3/b14-12-. The van der Waals surface area contributed by atoms with Gasteiger partial charge in [0.05, 0.1) is 23.6 Å². The van der Waals surface area contributed by atoms with Crippen LogP contribution in [0.15, 0.2) is 34.1 Å². The van der Waals surface area contributed by atoms with Crippen LogP contribution in [-0.2, 0) is 9.53 Å². The quantitative estimate of drug-likeness (QED) is 0.546. The van der Waals surface area contributed by atoms with Crippen molar-refractivity contribution < 1.29 is 9.53 Å². The number of anilines is 1. The Morgan fingerprint density at radius 1 is 1.29 bits per heavy atom. The van der Waals surface area contributed by atoms with Gasteiger partial charge in [0.25, 0.3) is 11.5 Å². The second-order valence-electron chi connectivity index (χ2n) is 6.60. The van der Waals surface area contributed by atoms with Crippen molar-refractivity contribution in [3.8, 4) is 0 Å². The number of pyridine rings is 1. The van der Waals surface area contributed by atoms with Crippen LogP contribution >= 0.6 is 24.0 Å². The molecule has 0 spiro atoms. The van der Waals surface area contributed by atoms with Crippen molar-refractivity contribution in [2.45, 2.75) is 12.8 Å². The first kappa shape index (κ1) is 19.1. The molecule has 4 rings (SSSR count). The van der Waals surface area contributed by atoms with Crippen molar-refractivity contribution in [3.63, 3.8) is 0 Å². The van der Waals surface area contributed by atoms with Gasteiger partial charge in [-0.25, -0.2) is 4.98 Å². The van der Waals surface area contributed by atoms with E-state index in [2.05, 4.69) is 4.90 Å². The third kappa shape index (κ3) is 3.45. The van der Waals surface area contributed by atoms with Gasteiger partial charge < -0.3 is 9.64 Å². The molecule has 2 aliphatic rings. The average Bonchev–Trinajstić information content (AvgIpc) is 3.32. The molecule has 0 saturated carbocycles. The minimum Gasteiger partial charge on any atom is -0.383 e. The van der Waals surface area contributed by atoms with Crippen molar-refractivity contribution in [1.82, 2.24) is 14.3 Å². The summed E-state index contributed by atoms with van der Waals surface area (Å²) in [6, 6.07) is 5.46. The molecule has 0 atom stereocenters. The summed E-state index contributed by atoms with van der Waals surface area (Å²) in [4.78, 5) is 34.8. The summed E-state index contributed by atoms with van der Waals surface area (Å²) in [5.74, 6) is 0.438. The third-order valence-electron chi connectivity index (χ3n) is 4.82. The Hall–Kier alpha value is -2.23. The van der Waals surface area contributed by atoms with E-state index in [4.69, 9.17) is 21.9 Å². The van der Waals surface area contributed by atoms with E-state index in [-0.39, 0.29) is 11.5 Å². The number of aromatic nitrogens is 2. The molecule has 2 aromatic heterocycles. The van der Waals surface area contributed by atoms with E-state index in [9.17, 15) is 9.59 Å². The molecule has 0 bridgehead atoms. The molecule has 0 unspecified atom stereocenters. The van der Waals surface area contributed by atoms with Crippen molar-refractivity contribution in [2.75, 3.05) is 38.3 Å². The molecule has 2 saturated heterocycles. The monoisotopic (exact) mass is 416 g/mol. The normalized spacial score (nSPS) is 18.8. The van der Waals surface area contributed by atoms with Crippen molar-refractivity contribution >= 4 is 51.7 Å². The number of hydrogen-bond donors (Lipinski definition) is 0. The lowest BCUT2D eigenvalue weighted by atomic mass is 10.2. The molecule has 0 aliphatic carbocycles. The van der Waals surface area contributed by atoms with E-state index < -0.39 is 0 Å². The number of carbonyl (C=O) groups is 1. The summed E-state index contributed by atoms with van der Waals surface area (Å²) in [6.07, 6.45) is 5.47. The highest BCUT2D eigenvalue weighted by Gasteiger charge is 2.32. The maximum absolute atomic E-state index is 13.2. The topological polar surface area (TPSA) is 67.2 Å². The van der Waals surface area contributed by atoms with E-state index in [1.165, 1.54) is 21.1 Å². The largest absolute Gasteiger partial charge is 0.383 e. The summed E-state index contributed by atoms with van der Waals surface area (Å²) in [5.41, 5.74) is 0.840. The first-order valence-electron chi connectivity index (χ1n) is 9.11. The van der Waals surface area contributed by atoms with Crippen molar-refractivity contribution in [1.29, 1.82) is 0 Å². The summed E-state index contributed by atoms with van der Waals surface area (Å²) in [5, 5.41) is 0. The molecule has 7 nitrogen and oxygen atoms in total. The molecule has 2 aromatic rings. The highest BCUT2D eigenvalue weighted by molar-refractivity contribution is 8.26. The van der Waals surface area contributed by atoms with Crippen LogP contribution in [0.1, 0.15) is 18.4 Å². The first-order valence-corrected chi connectivity index (χ1v) is 10.3. The first-order chi connectivity index (χ1) is 13.6. The lowest BCUT2D eigenvalue weighted by molar-refractivity contribution is -0.122. The number of thioether (sulfide) groups is 1. The van der Waals surface area contributed by atoms with Crippen LogP contribution in [0.3, 0.4) is 0 Å². The van der Waals surface area contributed by atoms with Crippen LogP contribution < -0.4 is 10.5 Å². The summed E-state index contributed by atoms with van der Waals surface area (Å²) >= 11 is 6.55. The second kappa shape index (κ2) is 8.02. The Bertz CT molecular complexity index is 1030. The number of fused-ring (bicyclic) bond motifs is 1.